The molecule has 0 saturated heterocycles. The molecule has 1 unspecified atom stereocenters. The lowest BCUT2D eigenvalue weighted by atomic mass is 9.80. The number of hydrogen-bond acceptors (Lipinski definition) is 3. The molecule has 4 heterocycles. The number of imidazole rings is 1. The van der Waals surface area contributed by atoms with E-state index in [-0.39, 0.29) is 17.5 Å². The van der Waals surface area contributed by atoms with Crippen LogP contribution in [-0.2, 0) is 6.42 Å². The zero-order chi connectivity index (χ0) is 33.7. The average molecular weight is 662 g/mol. The molecule has 0 aliphatic carbocycles. The van der Waals surface area contributed by atoms with Crippen LogP contribution in [0.4, 0.5) is 5.69 Å². The van der Waals surface area contributed by atoms with Gasteiger partial charge in [-0.25, -0.2) is 4.98 Å². The van der Waals surface area contributed by atoms with Crippen LogP contribution >= 0.6 is 0 Å². The van der Waals surface area contributed by atoms with E-state index >= 15 is 0 Å². The number of nitrogens with zero attached hydrogens (tertiary/aromatic N) is 3. The van der Waals surface area contributed by atoms with Gasteiger partial charge in [-0.3, -0.25) is 14.0 Å². The van der Waals surface area contributed by atoms with Crippen LogP contribution in [0, 0.1) is 0 Å². The lowest BCUT2D eigenvalue weighted by Crippen LogP contribution is -2.35. The van der Waals surface area contributed by atoms with Crippen molar-refractivity contribution in [1.82, 2.24) is 9.38 Å². The van der Waals surface area contributed by atoms with E-state index in [1.807, 2.05) is 41.3 Å². The summed E-state index contributed by atoms with van der Waals surface area (Å²) in [5, 5.41) is 18.0. The minimum Gasteiger partial charge on any atom is -0.300 e. The number of para-hydroxylation sites is 3. The maximum Gasteiger partial charge on any atom is 0.264 e. The van der Waals surface area contributed by atoms with Crippen molar-refractivity contribution in [3.05, 3.63) is 148 Å². The highest BCUT2D eigenvalue weighted by atomic mass is 16.2. The molecule has 1 amide bonds. The number of rotatable bonds is 0. The fraction of sp³-hybridized carbons (Fsp3) is 0.0426. The number of pyridine rings is 1. The molecule has 0 radical (unpaired) electrons. The molecular formula is C47H23N3O2. The summed E-state index contributed by atoms with van der Waals surface area (Å²) in [6.45, 7) is 0. The molecule has 10 aromatic carbocycles. The van der Waals surface area contributed by atoms with Crippen molar-refractivity contribution in [2.45, 2.75) is 12.5 Å². The Morgan fingerprint density at radius 3 is 1.71 bits per heavy atom. The van der Waals surface area contributed by atoms with Gasteiger partial charge in [-0.2, -0.15) is 0 Å². The molecule has 0 saturated carbocycles. The van der Waals surface area contributed by atoms with E-state index in [2.05, 4.69) is 84.9 Å². The number of carbonyl (C=O) groups excluding carboxylic acids is 1. The maximum absolute atomic E-state index is 14.3. The zero-order valence-electron chi connectivity index (χ0n) is 27.5. The Balaban J connectivity index is 1.12. The van der Waals surface area contributed by atoms with Crippen molar-refractivity contribution in [1.29, 1.82) is 0 Å². The first-order valence-corrected chi connectivity index (χ1v) is 17.9. The molecule has 1 atom stereocenters. The van der Waals surface area contributed by atoms with Crippen LogP contribution < -0.4 is 10.5 Å². The Morgan fingerprint density at radius 2 is 1.02 bits per heavy atom. The Morgan fingerprint density at radius 1 is 0.500 bits per heavy atom. The van der Waals surface area contributed by atoms with Crippen molar-refractivity contribution in [3.63, 3.8) is 0 Å². The fourth-order valence-corrected chi connectivity index (χ4v) is 10.7. The van der Waals surface area contributed by atoms with E-state index in [1.165, 1.54) is 59.6 Å². The largest absolute Gasteiger partial charge is 0.300 e. The fourth-order valence-electron chi connectivity index (χ4n) is 10.7. The van der Waals surface area contributed by atoms with Crippen molar-refractivity contribution >= 4 is 114 Å². The molecule has 12 aromatic rings. The van der Waals surface area contributed by atoms with Gasteiger partial charge >= 0.3 is 0 Å². The molecule has 2 aliphatic rings. The van der Waals surface area contributed by atoms with Crippen molar-refractivity contribution in [2.24, 2.45) is 0 Å². The Bertz CT molecular complexity index is 3660. The van der Waals surface area contributed by atoms with Gasteiger partial charge in [0.25, 0.3) is 11.5 Å². The molecule has 52 heavy (non-hydrogen) atoms. The van der Waals surface area contributed by atoms with Crippen molar-refractivity contribution in [3.8, 4) is 0 Å². The lowest BCUT2D eigenvalue weighted by Gasteiger charge is -2.33. The van der Waals surface area contributed by atoms with Gasteiger partial charge in [0.1, 0.15) is 5.65 Å². The smallest absolute Gasteiger partial charge is 0.264 e. The third-order valence-electron chi connectivity index (χ3n) is 12.7. The first kappa shape index (κ1) is 26.0. The molecule has 14 rings (SSSR count). The molecule has 238 valence electrons. The van der Waals surface area contributed by atoms with Crippen molar-refractivity contribution < 1.29 is 4.79 Å². The molecule has 0 N–H and O–H groups in total. The van der Waals surface area contributed by atoms with Gasteiger partial charge in [0, 0.05) is 32.8 Å². The molecular weight excluding hydrogens is 639 g/mol. The number of fused-ring (bicyclic) bond motifs is 12. The number of benzene rings is 10. The third kappa shape index (κ3) is 2.68. The van der Waals surface area contributed by atoms with E-state index in [0.29, 0.717) is 11.0 Å². The molecule has 0 fully saturated rings. The van der Waals surface area contributed by atoms with Crippen LogP contribution in [0.15, 0.2) is 126 Å². The van der Waals surface area contributed by atoms with Crippen LogP contribution in [0.25, 0.3) is 103 Å². The van der Waals surface area contributed by atoms with Crippen LogP contribution in [0.5, 0.6) is 0 Å². The van der Waals surface area contributed by atoms with E-state index in [1.54, 1.807) is 4.40 Å². The predicted octanol–water partition coefficient (Wildman–Crippen LogP) is 10.6. The second kappa shape index (κ2) is 8.36. The lowest BCUT2D eigenvalue weighted by molar-refractivity contribution is 0.0978. The van der Waals surface area contributed by atoms with Crippen LogP contribution in [0.2, 0.25) is 0 Å². The minimum atomic E-state index is -0.0318. The van der Waals surface area contributed by atoms with Gasteiger partial charge in [0.2, 0.25) is 0 Å². The quantitative estimate of drug-likeness (QED) is 0.120. The second-order valence-electron chi connectivity index (χ2n) is 14.8. The number of anilines is 1. The number of aromatic nitrogens is 2. The van der Waals surface area contributed by atoms with Crippen LogP contribution in [-0.4, -0.2) is 15.3 Å². The first-order chi connectivity index (χ1) is 25.7. The summed E-state index contributed by atoms with van der Waals surface area (Å²) >= 11 is 0. The number of amides is 1. The maximum atomic E-state index is 14.3. The third-order valence-corrected chi connectivity index (χ3v) is 12.7. The standard InChI is InChI=1S/C47H23N3O2/c51-46-33-19-15-29-25-11-12-26-30-16-20-34-44-32(45-48-35-6-2-4-8-37(35)50(45)47(34)52)18-14-28(42(30)44)24-10-9-23(39(25)40(24)26)27-13-17-31(43(33)41(27)29)38-21-22-5-1-3-7-36(22)49(38)46/h1-20,38H,21H2. The van der Waals surface area contributed by atoms with Gasteiger partial charge < -0.3 is 4.90 Å². The zero-order valence-corrected chi connectivity index (χ0v) is 27.5. The molecule has 2 aliphatic heterocycles. The molecule has 2 aromatic heterocycles. The van der Waals surface area contributed by atoms with Gasteiger partial charge in [0.05, 0.1) is 17.1 Å². The summed E-state index contributed by atoms with van der Waals surface area (Å²) in [4.78, 5) is 35.4. The summed E-state index contributed by atoms with van der Waals surface area (Å²) in [5.41, 5.74) is 6.61. The second-order valence-corrected chi connectivity index (χ2v) is 14.8. The van der Waals surface area contributed by atoms with Gasteiger partial charge in [-0.05, 0) is 119 Å². The SMILES string of the molecule is O=C1c2ccc3c4ccc5c6ccc7c(=O)n8c9ccccc9nc8c8ccc(c9ccc(c%10ccc(c2c3%10)C2Cc3ccccc3N12)c4c59)c6c78. The van der Waals surface area contributed by atoms with Gasteiger partial charge in [-0.15, -0.1) is 0 Å². The number of carbonyl (C=O) groups is 1. The van der Waals surface area contributed by atoms with E-state index in [4.69, 9.17) is 4.98 Å². The van der Waals surface area contributed by atoms with Crippen LogP contribution in [0.3, 0.4) is 0 Å². The Labute approximate surface area is 293 Å². The van der Waals surface area contributed by atoms with Crippen molar-refractivity contribution in [2.75, 3.05) is 4.90 Å². The molecule has 5 heteroatoms. The summed E-state index contributed by atoms with van der Waals surface area (Å²) < 4.78 is 1.78. The highest BCUT2D eigenvalue weighted by molar-refractivity contribution is 6.44. The van der Waals surface area contributed by atoms with Gasteiger partial charge in [-0.1, -0.05) is 84.9 Å². The molecule has 5 nitrogen and oxygen atoms in total. The monoisotopic (exact) mass is 661 g/mol. The summed E-state index contributed by atoms with van der Waals surface area (Å²) in [5.74, 6) is 0.0906. The predicted molar refractivity (Wildman–Crippen MR) is 212 cm³/mol. The molecule has 0 bridgehead atoms. The van der Waals surface area contributed by atoms with E-state index in [9.17, 15) is 9.59 Å². The first-order valence-electron chi connectivity index (χ1n) is 17.9. The molecule has 0 spiro atoms. The minimum absolute atomic E-state index is 0.000372. The summed E-state index contributed by atoms with van der Waals surface area (Å²) in [6.07, 6.45) is 0.831. The van der Waals surface area contributed by atoms with Gasteiger partial charge in [0.15, 0.2) is 0 Å². The highest BCUT2D eigenvalue weighted by Crippen LogP contribution is 2.53. The average Bonchev–Trinajstić information content (AvgIpc) is 3.78. The van der Waals surface area contributed by atoms with E-state index in [0.717, 1.165) is 61.0 Å². The Kier molecular flexibility index (Phi) is 4.19. The number of hydrogen-bond donors (Lipinski definition) is 0. The van der Waals surface area contributed by atoms with Crippen LogP contribution in [0.1, 0.15) is 27.5 Å². The summed E-state index contributed by atoms with van der Waals surface area (Å²) in [7, 11) is 0. The highest BCUT2D eigenvalue weighted by Gasteiger charge is 2.41. The topological polar surface area (TPSA) is 54.7 Å². The summed E-state index contributed by atoms with van der Waals surface area (Å²) in [6, 6.07) is 42.7. The Hall–Kier alpha value is -6.85. The van der Waals surface area contributed by atoms with E-state index < -0.39 is 0 Å². The normalized spacial score (nSPS) is 15.9.